The molecule has 0 radical (unpaired) electrons. The predicted molar refractivity (Wildman–Crippen MR) is 95.9 cm³/mol. The topological polar surface area (TPSA) is 0 Å². The zero-order valence-corrected chi connectivity index (χ0v) is 15.1. The molecule has 1 atom stereocenters. The van der Waals surface area contributed by atoms with Crippen LogP contribution < -0.4 is 0 Å². The average molecular weight is 292 g/mol. The third kappa shape index (κ3) is 2.12. The molecule has 0 bridgehead atoms. The Morgan fingerprint density at radius 1 is 0.682 bits per heavy atom. The van der Waals surface area contributed by atoms with Gasteiger partial charge < -0.3 is 0 Å². The van der Waals surface area contributed by atoms with Crippen LogP contribution in [0.15, 0.2) is 30.3 Å². The van der Waals surface area contributed by atoms with E-state index in [1.807, 2.05) is 0 Å². The predicted octanol–water partition coefficient (Wildman–Crippen LogP) is 5.91. The number of fused-ring (bicyclic) bond motifs is 1. The van der Waals surface area contributed by atoms with Gasteiger partial charge in [0.25, 0.3) is 0 Å². The molecule has 2 aromatic carbocycles. The van der Waals surface area contributed by atoms with Crippen LogP contribution in [0.4, 0.5) is 0 Å². The van der Waals surface area contributed by atoms with Gasteiger partial charge >= 0.3 is 0 Å². The second kappa shape index (κ2) is 4.72. The van der Waals surface area contributed by atoms with Crippen molar-refractivity contribution in [2.75, 3.05) is 0 Å². The van der Waals surface area contributed by atoms with Crippen molar-refractivity contribution in [1.29, 1.82) is 0 Å². The molecule has 1 aliphatic rings. The minimum Gasteiger partial charge on any atom is -0.0588 e. The molecule has 0 saturated carbocycles. The van der Waals surface area contributed by atoms with Crippen LogP contribution in [0, 0.1) is 27.7 Å². The average Bonchev–Trinajstić information content (AvgIpc) is 2.62. The van der Waals surface area contributed by atoms with Gasteiger partial charge in [0.05, 0.1) is 0 Å². The molecule has 0 spiro atoms. The maximum Gasteiger partial charge on any atom is 0.0186 e. The standard InChI is InChI=1S/C22H28/c1-14-8-9-18(10-15(14)2)22(7)13-21(5,6)19-11-16(3)17(4)12-20(19)22/h8-12H,13H2,1-7H3. The summed E-state index contributed by atoms with van der Waals surface area (Å²) in [6.07, 6.45) is 1.18. The molecule has 0 aromatic heterocycles. The summed E-state index contributed by atoms with van der Waals surface area (Å²) < 4.78 is 0. The van der Waals surface area contributed by atoms with Crippen molar-refractivity contribution < 1.29 is 0 Å². The molecule has 0 saturated heterocycles. The Kier molecular flexibility index (Phi) is 3.29. The first-order valence-corrected chi connectivity index (χ1v) is 8.35. The van der Waals surface area contributed by atoms with E-state index in [4.69, 9.17) is 0 Å². The molecule has 0 N–H and O–H groups in total. The number of rotatable bonds is 1. The van der Waals surface area contributed by atoms with Crippen LogP contribution in [0.5, 0.6) is 0 Å². The highest BCUT2D eigenvalue weighted by atomic mass is 14.5. The van der Waals surface area contributed by atoms with Gasteiger partial charge in [0.1, 0.15) is 0 Å². The molecule has 0 heterocycles. The van der Waals surface area contributed by atoms with E-state index in [9.17, 15) is 0 Å². The monoisotopic (exact) mass is 292 g/mol. The van der Waals surface area contributed by atoms with Crippen molar-refractivity contribution in [2.24, 2.45) is 0 Å². The Morgan fingerprint density at radius 3 is 1.82 bits per heavy atom. The van der Waals surface area contributed by atoms with Gasteiger partial charge in [-0.3, -0.25) is 0 Å². The molecule has 22 heavy (non-hydrogen) atoms. The van der Waals surface area contributed by atoms with Gasteiger partial charge in [0.2, 0.25) is 0 Å². The minimum absolute atomic E-state index is 0.121. The van der Waals surface area contributed by atoms with Crippen LogP contribution in [0.3, 0.4) is 0 Å². The Balaban J connectivity index is 2.25. The van der Waals surface area contributed by atoms with E-state index in [2.05, 4.69) is 78.8 Å². The van der Waals surface area contributed by atoms with Gasteiger partial charge in [-0.25, -0.2) is 0 Å². The summed E-state index contributed by atoms with van der Waals surface area (Å²) >= 11 is 0. The van der Waals surface area contributed by atoms with Crippen LogP contribution in [0.2, 0.25) is 0 Å². The highest BCUT2D eigenvalue weighted by Gasteiger charge is 2.45. The van der Waals surface area contributed by atoms with E-state index < -0.39 is 0 Å². The highest BCUT2D eigenvalue weighted by Crippen LogP contribution is 2.53. The lowest BCUT2D eigenvalue weighted by molar-refractivity contribution is 0.425. The van der Waals surface area contributed by atoms with Crippen LogP contribution >= 0.6 is 0 Å². The lowest BCUT2D eigenvalue weighted by Gasteiger charge is -2.29. The van der Waals surface area contributed by atoms with E-state index in [-0.39, 0.29) is 10.8 Å². The van der Waals surface area contributed by atoms with Gasteiger partial charge in [-0.1, -0.05) is 51.1 Å². The smallest absolute Gasteiger partial charge is 0.0186 e. The summed E-state index contributed by atoms with van der Waals surface area (Å²) in [4.78, 5) is 0. The molecule has 2 aromatic rings. The molecule has 1 unspecified atom stereocenters. The molecule has 0 amide bonds. The molecular weight excluding hydrogens is 264 g/mol. The van der Waals surface area contributed by atoms with Crippen LogP contribution in [-0.2, 0) is 10.8 Å². The second-order valence-corrected chi connectivity index (χ2v) is 8.17. The third-order valence-electron chi connectivity index (χ3n) is 5.90. The minimum atomic E-state index is 0.121. The summed E-state index contributed by atoms with van der Waals surface area (Å²) in [5.41, 5.74) is 10.5. The third-order valence-corrected chi connectivity index (χ3v) is 5.90. The van der Waals surface area contributed by atoms with Crippen molar-refractivity contribution in [3.05, 3.63) is 69.3 Å². The van der Waals surface area contributed by atoms with Crippen molar-refractivity contribution >= 4 is 0 Å². The lowest BCUT2D eigenvalue weighted by atomic mass is 9.74. The zero-order chi connectivity index (χ0) is 16.3. The van der Waals surface area contributed by atoms with E-state index in [0.717, 1.165) is 0 Å². The van der Waals surface area contributed by atoms with E-state index >= 15 is 0 Å². The normalized spacial score (nSPS) is 22.7. The van der Waals surface area contributed by atoms with E-state index in [0.29, 0.717) is 0 Å². The zero-order valence-electron chi connectivity index (χ0n) is 15.1. The number of benzene rings is 2. The fraction of sp³-hybridized carbons (Fsp3) is 0.455. The highest BCUT2D eigenvalue weighted by molar-refractivity contribution is 5.55. The van der Waals surface area contributed by atoms with Crippen molar-refractivity contribution in [3.63, 3.8) is 0 Å². The maximum atomic E-state index is 2.44. The fourth-order valence-corrected chi connectivity index (χ4v) is 4.25. The van der Waals surface area contributed by atoms with Crippen molar-refractivity contribution in [3.8, 4) is 0 Å². The lowest BCUT2D eigenvalue weighted by Crippen LogP contribution is -2.23. The molecular formula is C22H28. The fourth-order valence-electron chi connectivity index (χ4n) is 4.25. The van der Waals surface area contributed by atoms with Crippen LogP contribution in [-0.4, -0.2) is 0 Å². The number of aryl methyl sites for hydroxylation is 4. The van der Waals surface area contributed by atoms with Crippen LogP contribution in [0.1, 0.15) is 66.1 Å². The van der Waals surface area contributed by atoms with Gasteiger partial charge in [-0.05, 0) is 78.5 Å². The van der Waals surface area contributed by atoms with Gasteiger partial charge in [0, 0.05) is 5.41 Å². The first-order valence-electron chi connectivity index (χ1n) is 8.35. The largest absolute Gasteiger partial charge is 0.0588 e. The molecule has 0 nitrogen and oxygen atoms in total. The summed E-state index contributed by atoms with van der Waals surface area (Å²) in [7, 11) is 0. The summed E-state index contributed by atoms with van der Waals surface area (Å²) in [5, 5.41) is 0. The molecule has 0 fully saturated rings. The maximum absolute atomic E-state index is 2.44. The Morgan fingerprint density at radius 2 is 1.23 bits per heavy atom. The SMILES string of the molecule is Cc1ccc(C2(C)CC(C)(C)c3cc(C)c(C)cc32)cc1C. The van der Waals surface area contributed by atoms with Crippen LogP contribution in [0.25, 0.3) is 0 Å². The molecule has 0 aliphatic heterocycles. The summed E-state index contributed by atoms with van der Waals surface area (Å²) in [5.74, 6) is 0. The van der Waals surface area contributed by atoms with E-state index in [1.165, 1.54) is 45.4 Å². The molecule has 116 valence electrons. The molecule has 0 heteroatoms. The quantitative estimate of drug-likeness (QED) is 0.613. The van der Waals surface area contributed by atoms with Crippen molar-refractivity contribution in [1.82, 2.24) is 0 Å². The van der Waals surface area contributed by atoms with Gasteiger partial charge in [0.15, 0.2) is 0 Å². The summed E-state index contributed by atoms with van der Waals surface area (Å²) in [6, 6.07) is 11.9. The van der Waals surface area contributed by atoms with E-state index in [1.54, 1.807) is 0 Å². The number of hydrogen-bond donors (Lipinski definition) is 0. The molecule has 1 aliphatic carbocycles. The molecule has 3 rings (SSSR count). The first kappa shape index (κ1) is 15.3. The van der Waals surface area contributed by atoms with Gasteiger partial charge in [-0.2, -0.15) is 0 Å². The number of hydrogen-bond acceptors (Lipinski definition) is 0. The van der Waals surface area contributed by atoms with Crippen molar-refractivity contribution in [2.45, 2.75) is 65.7 Å². The second-order valence-electron chi connectivity index (χ2n) is 8.17. The Hall–Kier alpha value is -1.56. The Bertz CT molecular complexity index is 749. The first-order chi connectivity index (χ1) is 10.1. The van der Waals surface area contributed by atoms with Gasteiger partial charge in [-0.15, -0.1) is 0 Å². The Labute approximate surface area is 135 Å². The summed E-state index contributed by atoms with van der Waals surface area (Å²) in [6.45, 7) is 16.1.